The van der Waals surface area contributed by atoms with Crippen molar-refractivity contribution < 1.29 is 27.5 Å². The van der Waals surface area contributed by atoms with Crippen LogP contribution in [0.2, 0.25) is 0 Å². The fourth-order valence-corrected chi connectivity index (χ4v) is 2.06. The molecule has 2 N–H and O–H groups in total. The molecular weight excluding hydrogens is 283 g/mol. The van der Waals surface area contributed by atoms with E-state index in [1.54, 1.807) is 20.8 Å². The summed E-state index contributed by atoms with van der Waals surface area (Å²) in [6.07, 6.45) is -4.61. The van der Waals surface area contributed by atoms with Crippen LogP contribution in [0.4, 0.5) is 13.2 Å². The Labute approximate surface area is 114 Å². The SMILES string of the molecule is CC(C)(C)OC(=O)C[C@@H](CSCC(F)(F)F)C(N)=O. The standard InChI is InChI=1S/C11H18F3NO3S/c1-10(2,3)18-8(16)4-7(9(15)17)5-19-6-11(12,13)14/h7H,4-6H2,1-3H3,(H2,15,17)/t7-/m0/s1. The van der Waals surface area contributed by atoms with Gasteiger partial charge in [0.05, 0.1) is 18.1 Å². The van der Waals surface area contributed by atoms with E-state index in [9.17, 15) is 22.8 Å². The topological polar surface area (TPSA) is 69.4 Å². The van der Waals surface area contributed by atoms with Crippen molar-refractivity contribution in [2.24, 2.45) is 11.7 Å². The van der Waals surface area contributed by atoms with Crippen LogP contribution >= 0.6 is 11.8 Å². The number of hydrogen-bond acceptors (Lipinski definition) is 4. The highest BCUT2D eigenvalue weighted by Gasteiger charge is 2.29. The molecule has 0 radical (unpaired) electrons. The van der Waals surface area contributed by atoms with Crippen LogP contribution in [0.5, 0.6) is 0 Å². The van der Waals surface area contributed by atoms with Crippen LogP contribution in [-0.4, -0.2) is 35.2 Å². The van der Waals surface area contributed by atoms with Gasteiger partial charge in [-0.25, -0.2) is 0 Å². The third-order valence-electron chi connectivity index (χ3n) is 1.82. The molecule has 0 aromatic heterocycles. The van der Waals surface area contributed by atoms with Gasteiger partial charge in [-0.3, -0.25) is 9.59 Å². The Balaban J connectivity index is 4.28. The van der Waals surface area contributed by atoms with Crippen LogP contribution in [0, 0.1) is 5.92 Å². The highest BCUT2D eigenvalue weighted by Crippen LogP contribution is 2.24. The lowest BCUT2D eigenvalue weighted by Crippen LogP contribution is -2.31. The molecule has 0 aliphatic carbocycles. The van der Waals surface area contributed by atoms with Crippen molar-refractivity contribution >= 4 is 23.6 Å². The van der Waals surface area contributed by atoms with Crippen molar-refractivity contribution in [2.45, 2.75) is 39.0 Å². The van der Waals surface area contributed by atoms with Crippen LogP contribution in [-0.2, 0) is 14.3 Å². The number of carbonyl (C=O) groups is 2. The van der Waals surface area contributed by atoms with Gasteiger partial charge >= 0.3 is 12.1 Å². The lowest BCUT2D eigenvalue weighted by atomic mass is 10.1. The zero-order chi connectivity index (χ0) is 15.3. The van der Waals surface area contributed by atoms with Crippen LogP contribution in [0.15, 0.2) is 0 Å². The first kappa shape index (κ1) is 18.1. The number of alkyl halides is 3. The Kier molecular flexibility index (Phi) is 6.68. The molecule has 1 atom stereocenters. The highest BCUT2D eigenvalue weighted by molar-refractivity contribution is 7.99. The maximum atomic E-state index is 12.0. The molecule has 0 unspecified atom stereocenters. The summed E-state index contributed by atoms with van der Waals surface area (Å²) in [5, 5.41) is 0. The van der Waals surface area contributed by atoms with Gasteiger partial charge in [-0.15, -0.1) is 0 Å². The minimum Gasteiger partial charge on any atom is -0.460 e. The first-order valence-electron chi connectivity index (χ1n) is 5.56. The first-order valence-corrected chi connectivity index (χ1v) is 6.72. The van der Waals surface area contributed by atoms with E-state index in [-0.39, 0.29) is 12.2 Å². The van der Waals surface area contributed by atoms with Crippen LogP contribution in [0.3, 0.4) is 0 Å². The molecule has 0 spiro atoms. The van der Waals surface area contributed by atoms with E-state index in [0.717, 1.165) is 0 Å². The van der Waals surface area contributed by atoms with Gasteiger partial charge in [0.2, 0.25) is 5.91 Å². The Morgan fingerprint density at radius 2 is 1.79 bits per heavy atom. The summed E-state index contributed by atoms with van der Waals surface area (Å²) in [7, 11) is 0. The number of esters is 1. The van der Waals surface area contributed by atoms with Crippen molar-refractivity contribution in [3.8, 4) is 0 Å². The summed E-state index contributed by atoms with van der Waals surface area (Å²) in [4.78, 5) is 22.5. The number of halogens is 3. The van der Waals surface area contributed by atoms with Gasteiger partial charge in [-0.05, 0) is 20.8 Å². The van der Waals surface area contributed by atoms with Crippen LogP contribution < -0.4 is 5.73 Å². The molecule has 112 valence electrons. The molecule has 4 nitrogen and oxygen atoms in total. The number of amides is 1. The van der Waals surface area contributed by atoms with E-state index in [2.05, 4.69) is 0 Å². The molecule has 0 bridgehead atoms. The van der Waals surface area contributed by atoms with E-state index in [4.69, 9.17) is 10.5 Å². The smallest absolute Gasteiger partial charge is 0.397 e. The highest BCUT2D eigenvalue weighted by atomic mass is 32.2. The average molecular weight is 301 g/mol. The molecule has 0 aliphatic heterocycles. The molecule has 0 aromatic rings. The molecule has 0 fully saturated rings. The maximum Gasteiger partial charge on any atom is 0.397 e. The van der Waals surface area contributed by atoms with E-state index < -0.39 is 35.3 Å². The molecule has 0 aliphatic rings. The molecule has 0 saturated heterocycles. The molecular formula is C11H18F3NO3S. The van der Waals surface area contributed by atoms with Gasteiger partial charge in [0.1, 0.15) is 5.60 Å². The van der Waals surface area contributed by atoms with Gasteiger partial charge in [0, 0.05) is 5.75 Å². The molecule has 1 amide bonds. The second kappa shape index (κ2) is 7.02. The van der Waals surface area contributed by atoms with Gasteiger partial charge in [0.15, 0.2) is 0 Å². The number of nitrogens with two attached hydrogens (primary N) is 1. The molecule has 8 heteroatoms. The summed E-state index contributed by atoms with van der Waals surface area (Å²) < 4.78 is 40.9. The lowest BCUT2D eigenvalue weighted by molar-refractivity contribution is -0.156. The second-order valence-corrected chi connectivity index (χ2v) is 6.05. The van der Waals surface area contributed by atoms with Crippen LogP contribution in [0.1, 0.15) is 27.2 Å². The van der Waals surface area contributed by atoms with Gasteiger partial charge in [-0.1, -0.05) is 0 Å². The van der Waals surface area contributed by atoms with E-state index in [1.807, 2.05) is 0 Å². The van der Waals surface area contributed by atoms with Crippen molar-refractivity contribution in [3.05, 3.63) is 0 Å². The largest absolute Gasteiger partial charge is 0.460 e. The summed E-state index contributed by atoms with van der Waals surface area (Å²) in [5.41, 5.74) is 4.35. The van der Waals surface area contributed by atoms with E-state index >= 15 is 0 Å². The number of thioether (sulfide) groups is 1. The van der Waals surface area contributed by atoms with Crippen molar-refractivity contribution in [3.63, 3.8) is 0 Å². The maximum absolute atomic E-state index is 12.0. The van der Waals surface area contributed by atoms with Gasteiger partial charge in [0.25, 0.3) is 0 Å². The molecule has 19 heavy (non-hydrogen) atoms. The second-order valence-electron chi connectivity index (χ2n) is 5.02. The van der Waals surface area contributed by atoms with Gasteiger partial charge < -0.3 is 10.5 Å². The summed E-state index contributed by atoms with van der Waals surface area (Å²) in [5.74, 6) is -3.65. The number of primary amides is 1. The predicted octanol–water partition coefficient (Wildman–Crippen LogP) is 2.12. The Morgan fingerprint density at radius 1 is 1.26 bits per heavy atom. The first-order chi connectivity index (χ1) is 8.41. The monoisotopic (exact) mass is 301 g/mol. The van der Waals surface area contributed by atoms with Gasteiger partial charge in [-0.2, -0.15) is 24.9 Å². The molecule has 0 rings (SSSR count). The number of hydrogen-bond donors (Lipinski definition) is 1. The van der Waals surface area contributed by atoms with E-state index in [1.165, 1.54) is 0 Å². The third-order valence-corrected chi connectivity index (χ3v) is 2.99. The lowest BCUT2D eigenvalue weighted by Gasteiger charge is -2.21. The zero-order valence-electron chi connectivity index (χ0n) is 11.0. The summed E-state index contributed by atoms with van der Waals surface area (Å²) >= 11 is 0.523. The third kappa shape index (κ3) is 10.7. The summed E-state index contributed by atoms with van der Waals surface area (Å²) in [6.45, 7) is 4.97. The number of rotatable bonds is 6. The summed E-state index contributed by atoms with van der Waals surface area (Å²) in [6, 6.07) is 0. The Morgan fingerprint density at radius 3 is 2.16 bits per heavy atom. The Hall–Kier alpha value is -0.920. The predicted molar refractivity (Wildman–Crippen MR) is 66.5 cm³/mol. The van der Waals surface area contributed by atoms with Crippen molar-refractivity contribution in [1.82, 2.24) is 0 Å². The molecule has 0 saturated carbocycles. The van der Waals surface area contributed by atoms with Crippen molar-refractivity contribution in [1.29, 1.82) is 0 Å². The fraction of sp³-hybridized carbons (Fsp3) is 0.818. The average Bonchev–Trinajstić information content (AvgIpc) is 2.10. The number of carbonyl (C=O) groups excluding carboxylic acids is 2. The van der Waals surface area contributed by atoms with Crippen LogP contribution in [0.25, 0.3) is 0 Å². The fourth-order valence-electron chi connectivity index (χ4n) is 1.14. The van der Waals surface area contributed by atoms with Crippen molar-refractivity contribution in [2.75, 3.05) is 11.5 Å². The molecule has 0 heterocycles. The normalized spacial score (nSPS) is 14.0. The number of ether oxygens (including phenoxy) is 1. The zero-order valence-corrected chi connectivity index (χ0v) is 11.9. The minimum absolute atomic E-state index is 0.159. The minimum atomic E-state index is -4.31. The molecule has 0 aromatic carbocycles. The quantitative estimate of drug-likeness (QED) is 0.763. The Bertz CT molecular complexity index is 326. The van der Waals surface area contributed by atoms with E-state index in [0.29, 0.717) is 11.8 Å².